The van der Waals surface area contributed by atoms with Gasteiger partial charge in [-0.05, 0) is 0 Å². The van der Waals surface area contributed by atoms with E-state index in [1.165, 1.54) is 17.2 Å². The van der Waals surface area contributed by atoms with Gasteiger partial charge in [-0.15, -0.1) is 0 Å². The first-order valence-corrected chi connectivity index (χ1v) is 18.4. The zero-order valence-electron chi connectivity index (χ0n) is 22.3. The molecule has 19 nitrogen and oxygen atoms in total. The molecule has 3 aliphatic heterocycles. The number of thiol groups is 2. The number of fused-ring (bicyclic) bond motifs is 4. The second-order valence-electron chi connectivity index (χ2n) is 10.1. The van der Waals surface area contributed by atoms with Crippen LogP contribution in [0.2, 0.25) is 0 Å². The third-order valence-electron chi connectivity index (χ3n) is 7.25. The van der Waals surface area contributed by atoms with Gasteiger partial charge in [-0.2, -0.15) is 32.9 Å². The van der Waals surface area contributed by atoms with Crippen molar-refractivity contribution in [2.45, 2.75) is 49.2 Å². The summed E-state index contributed by atoms with van der Waals surface area (Å²) in [5.41, 5.74) is 10.9. The smallest absolute Gasteiger partial charge is 0.382 e. The zero-order chi connectivity index (χ0) is 31.8. The predicted octanol–water partition coefficient (Wildman–Crippen LogP) is 0.611. The standard InChI is InChI=1S/C20H23F2N10O9P2S2/c21-8-12-6(38-18(8)31-4-27-10-14(23)25-3-26-15(10)31)1-36-43(35,45)41-13-7(2-37-42(34,44)40-12)39-19(9(13)22)32-5-28-11-16(32)29-20(24)30-17(11)33/h3-9,12-13,18-19,34-35,44-45H,1-2H2,(H4-,23,24,25,26,29,30,33)/q+1/p+1/t6-,7-,8-,9-,12-,13-,18-,19-,42?,43?/m1/s1. The molecule has 7 rings (SSSR count). The van der Waals surface area contributed by atoms with Crippen molar-refractivity contribution in [1.29, 1.82) is 0 Å². The Balaban J connectivity index is 1.16. The molecule has 242 valence electrons. The molecule has 0 aliphatic carbocycles. The van der Waals surface area contributed by atoms with Gasteiger partial charge in [0.25, 0.3) is 5.56 Å². The molecular formula is C20H24F2N10O9P2S2+2. The number of imidazole rings is 2. The number of hydrogen-bond acceptors (Lipinski definition) is 18. The maximum absolute atomic E-state index is 16.0. The third-order valence-corrected chi connectivity index (χ3v) is 10.5. The molecule has 0 amide bonds. The molecule has 2 unspecified atom stereocenters. The van der Waals surface area contributed by atoms with Crippen LogP contribution in [-0.4, -0.2) is 98.8 Å². The van der Waals surface area contributed by atoms with E-state index in [1.807, 2.05) is 0 Å². The number of alkyl halides is 2. The Labute approximate surface area is 261 Å². The number of nitrogens with one attached hydrogen (secondary N) is 1. The van der Waals surface area contributed by atoms with E-state index in [4.69, 9.17) is 39.0 Å². The molecule has 0 aromatic carbocycles. The van der Waals surface area contributed by atoms with Crippen LogP contribution < -0.4 is 17.0 Å². The van der Waals surface area contributed by atoms with Crippen LogP contribution in [0.25, 0.3) is 22.3 Å². The number of aromatic nitrogens is 8. The van der Waals surface area contributed by atoms with Gasteiger partial charge in [0.15, 0.2) is 59.6 Å². The number of rotatable bonds is 2. The molecule has 3 fully saturated rings. The van der Waals surface area contributed by atoms with Crippen molar-refractivity contribution < 1.29 is 46.1 Å². The van der Waals surface area contributed by atoms with E-state index in [1.54, 1.807) is 0 Å². The first kappa shape index (κ1) is 31.2. The van der Waals surface area contributed by atoms with E-state index in [2.05, 4.69) is 54.4 Å². The number of nitrogens with two attached hydrogens (primary N) is 2. The summed E-state index contributed by atoms with van der Waals surface area (Å²) in [7, 11) is -8.34. The van der Waals surface area contributed by atoms with Gasteiger partial charge < -0.3 is 20.9 Å². The Morgan fingerprint density at radius 3 is 1.98 bits per heavy atom. The summed E-state index contributed by atoms with van der Waals surface area (Å²) in [5.74, 6) is -0.194. The van der Waals surface area contributed by atoms with Gasteiger partial charge in [-0.3, -0.25) is 18.9 Å². The number of H-pyrrole nitrogens is 1. The highest BCUT2D eigenvalue weighted by Crippen LogP contribution is 2.67. The summed E-state index contributed by atoms with van der Waals surface area (Å²) in [5, 5.41) is 0. The normalized spacial score (nSPS) is 37.7. The fourth-order valence-electron chi connectivity index (χ4n) is 5.26. The molecule has 10 atom stereocenters. The Kier molecular flexibility index (Phi) is 7.90. The second kappa shape index (κ2) is 11.4. The maximum atomic E-state index is 16.0. The van der Waals surface area contributed by atoms with Crippen LogP contribution in [0.3, 0.4) is 0 Å². The van der Waals surface area contributed by atoms with Gasteiger partial charge in [0.05, 0.1) is 37.2 Å². The summed E-state index contributed by atoms with van der Waals surface area (Å²) >= 11 is 8.19. The van der Waals surface area contributed by atoms with Crippen molar-refractivity contribution in [3.63, 3.8) is 0 Å². The summed E-state index contributed by atoms with van der Waals surface area (Å²) in [6, 6.07) is 0. The van der Waals surface area contributed by atoms with Gasteiger partial charge in [0.1, 0.15) is 37.3 Å². The number of ether oxygens (including phenoxy) is 2. The minimum Gasteiger partial charge on any atom is -0.382 e. The Morgan fingerprint density at radius 1 is 0.867 bits per heavy atom. The van der Waals surface area contributed by atoms with Gasteiger partial charge >= 0.3 is 14.3 Å². The lowest BCUT2D eigenvalue weighted by Gasteiger charge is -2.25. The Hall–Kier alpha value is -2.40. The van der Waals surface area contributed by atoms with E-state index in [0.29, 0.717) is 0 Å². The number of halogens is 2. The van der Waals surface area contributed by atoms with Crippen LogP contribution in [0.5, 0.6) is 0 Å². The fourth-order valence-corrected chi connectivity index (χ4v) is 8.26. The van der Waals surface area contributed by atoms with E-state index in [-0.39, 0.29) is 34.1 Å². The fraction of sp³-hybridized carbons (Fsp3) is 0.500. The topological polar surface area (TPSA) is 255 Å². The van der Waals surface area contributed by atoms with Crippen LogP contribution >= 0.6 is 38.8 Å². The summed E-state index contributed by atoms with van der Waals surface area (Å²) in [6.07, 6.45) is -9.29. The minimum atomic E-state index is -4.17. The highest BCUT2D eigenvalue weighted by atomic mass is 32.7. The van der Waals surface area contributed by atoms with E-state index in [0.717, 1.165) is 10.9 Å². The number of hydrogen-bond donors (Lipinski definition) is 7. The Morgan fingerprint density at radius 2 is 1.40 bits per heavy atom. The van der Waals surface area contributed by atoms with Crippen molar-refractivity contribution in [3.05, 3.63) is 29.3 Å². The largest absolute Gasteiger partial charge is 0.476 e. The van der Waals surface area contributed by atoms with Crippen molar-refractivity contribution >= 4 is 72.9 Å². The first-order chi connectivity index (χ1) is 21.3. The lowest BCUT2D eigenvalue weighted by atomic mass is 10.1. The number of nitrogens with zero attached hydrogens (tertiary/aromatic N) is 7. The molecule has 0 radical (unpaired) electrons. The van der Waals surface area contributed by atoms with Crippen molar-refractivity contribution in [1.82, 2.24) is 39.0 Å². The lowest BCUT2D eigenvalue weighted by Crippen LogP contribution is -2.38. The SMILES string of the molecule is Nc1nc2c(ncn2[C@@H]2O[C@@H]3CO[P+](O)(S)O[C@H]4[C@@H](F)[C@H](n5cnc6c(N)ncnc65)O[C@@H]4CO[P+](O)(S)O[C@H]3[C@H]2F)c(=O)[nH]1. The highest BCUT2D eigenvalue weighted by molar-refractivity contribution is 8.47. The monoisotopic (exact) mass is 712 g/mol. The van der Waals surface area contributed by atoms with Crippen molar-refractivity contribution in [2.75, 3.05) is 24.7 Å². The maximum Gasteiger partial charge on any atom is 0.476 e. The van der Waals surface area contributed by atoms with Crippen LogP contribution in [0, 0.1) is 0 Å². The average molecular weight is 713 g/mol. The van der Waals surface area contributed by atoms with Crippen molar-refractivity contribution in [3.8, 4) is 0 Å². The minimum absolute atomic E-state index is 0.0563. The van der Waals surface area contributed by atoms with Gasteiger partial charge in [-0.1, -0.05) is 0 Å². The van der Waals surface area contributed by atoms with E-state index >= 15 is 8.78 Å². The molecule has 3 aliphatic rings. The molecule has 0 saturated carbocycles. The number of aromatic amines is 1. The van der Waals surface area contributed by atoms with Crippen molar-refractivity contribution in [2.24, 2.45) is 0 Å². The van der Waals surface area contributed by atoms with Gasteiger partial charge in [-0.25, -0.2) is 28.7 Å². The summed E-state index contributed by atoms with van der Waals surface area (Å²) in [6.45, 7) is -1.21. The summed E-state index contributed by atoms with van der Waals surface area (Å²) < 4.78 is 68.3. The Bertz CT molecular complexity index is 1820. The third kappa shape index (κ3) is 5.63. The van der Waals surface area contributed by atoms with Crippen LogP contribution in [-0.2, 0) is 27.6 Å². The highest BCUT2D eigenvalue weighted by Gasteiger charge is 2.60. The summed E-state index contributed by atoms with van der Waals surface area (Å²) in [4.78, 5) is 56.5. The molecule has 3 saturated heterocycles. The molecular weight excluding hydrogens is 688 g/mol. The average Bonchev–Trinajstić information content (AvgIpc) is 3.72. The molecule has 0 bridgehead atoms. The van der Waals surface area contributed by atoms with Crippen LogP contribution in [0.15, 0.2) is 23.8 Å². The quantitative estimate of drug-likeness (QED) is 0.111. The van der Waals surface area contributed by atoms with E-state index in [9.17, 15) is 14.6 Å². The molecule has 4 aromatic rings. The van der Waals surface area contributed by atoms with Gasteiger partial charge in [0.2, 0.25) is 5.95 Å². The number of nitrogen functional groups attached to an aromatic ring is 2. The molecule has 0 spiro atoms. The molecule has 7 N–H and O–H groups in total. The molecule has 7 heterocycles. The molecule has 45 heavy (non-hydrogen) atoms. The second-order valence-corrected chi connectivity index (χ2v) is 16.0. The number of anilines is 2. The lowest BCUT2D eigenvalue weighted by molar-refractivity contribution is -0.0590. The van der Waals surface area contributed by atoms with Gasteiger partial charge in [0, 0.05) is 0 Å². The van der Waals surface area contributed by atoms with Crippen LogP contribution in [0.1, 0.15) is 12.5 Å². The molecule has 4 aromatic heterocycles. The van der Waals surface area contributed by atoms with E-state index < -0.39 is 82.3 Å². The predicted molar refractivity (Wildman–Crippen MR) is 158 cm³/mol. The van der Waals surface area contributed by atoms with Crippen LogP contribution in [0.4, 0.5) is 20.5 Å². The molecule has 25 heteroatoms. The first-order valence-electron chi connectivity index (χ1n) is 12.9. The zero-order valence-corrected chi connectivity index (χ0v) is 25.9.